The molecule has 0 bridgehead atoms. The summed E-state index contributed by atoms with van der Waals surface area (Å²) in [5, 5.41) is 12.0. The topological polar surface area (TPSA) is 108 Å². The molecule has 0 unspecified atom stereocenters. The van der Waals surface area contributed by atoms with Gasteiger partial charge in [-0.1, -0.05) is 18.2 Å². The van der Waals surface area contributed by atoms with Gasteiger partial charge in [-0.2, -0.15) is 5.26 Å². The van der Waals surface area contributed by atoms with Gasteiger partial charge in [-0.25, -0.2) is 4.79 Å². The van der Waals surface area contributed by atoms with Crippen LogP contribution in [0.1, 0.15) is 11.3 Å². The summed E-state index contributed by atoms with van der Waals surface area (Å²) in [6.07, 6.45) is 4.58. The van der Waals surface area contributed by atoms with Crippen molar-refractivity contribution in [1.29, 1.82) is 5.26 Å². The Morgan fingerprint density at radius 2 is 1.96 bits per heavy atom. The average molecular weight is 374 g/mol. The number of nitriles is 1. The third kappa shape index (κ3) is 2.95. The number of carbonyl (C=O) groups is 3. The molecule has 138 valence electrons. The number of fused-ring (bicyclic) bond motifs is 1. The van der Waals surface area contributed by atoms with E-state index < -0.39 is 17.8 Å². The van der Waals surface area contributed by atoms with Crippen molar-refractivity contribution >= 4 is 34.8 Å². The number of aromatic nitrogens is 1. The predicted octanol–water partition coefficient (Wildman–Crippen LogP) is 2.42. The lowest BCUT2D eigenvalue weighted by molar-refractivity contribution is -0.130. The zero-order chi connectivity index (χ0) is 19.7. The summed E-state index contributed by atoms with van der Waals surface area (Å²) in [6, 6.07) is 11.9. The molecule has 8 heteroatoms. The lowest BCUT2D eigenvalue weighted by Crippen LogP contribution is -2.53. The second kappa shape index (κ2) is 6.89. The molecule has 2 aromatic heterocycles. The third-order valence-corrected chi connectivity index (χ3v) is 4.44. The minimum atomic E-state index is -0.796. The fourth-order valence-corrected chi connectivity index (χ4v) is 3.15. The molecule has 8 nitrogen and oxygen atoms in total. The summed E-state index contributed by atoms with van der Waals surface area (Å²) >= 11 is 0. The van der Waals surface area contributed by atoms with E-state index in [-0.39, 0.29) is 18.7 Å². The zero-order valence-corrected chi connectivity index (χ0v) is 14.6. The van der Waals surface area contributed by atoms with E-state index in [1.807, 2.05) is 24.3 Å². The number of para-hydroxylation sites is 1. The van der Waals surface area contributed by atoms with Crippen molar-refractivity contribution in [3.63, 3.8) is 0 Å². The van der Waals surface area contributed by atoms with Gasteiger partial charge in [0.25, 0.3) is 11.8 Å². The van der Waals surface area contributed by atoms with Gasteiger partial charge in [-0.3, -0.25) is 19.8 Å². The lowest BCUT2D eigenvalue weighted by atomic mass is 10.1. The Bertz CT molecular complexity index is 1160. The van der Waals surface area contributed by atoms with Crippen LogP contribution in [-0.2, 0) is 22.7 Å². The van der Waals surface area contributed by atoms with Crippen molar-refractivity contribution in [2.45, 2.75) is 13.1 Å². The molecule has 1 saturated heterocycles. The summed E-state index contributed by atoms with van der Waals surface area (Å²) in [5.41, 5.74) is 1.26. The first-order valence-electron chi connectivity index (χ1n) is 8.44. The Hall–Kier alpha value is -4.12. The number of barbiturate groups is 1. The van der Waals surface area contributed by atoms with Gasteiger partial charge >= 0.3 is 6.03 Å². The molecule has 1 aliphatic rings. The quantitative estimate of drug-likeness (QED) is 0.557. The smallest absolute Gasteiger partial charge is 0.331 e. The number of nitrogens with zero attached hydrogens (tertiary/aromatic N) is 3. The van der Waals surface area contributed by atoms with Gasteiger partial charge < -0.3 is 8.98 Å². The van der Waals surface area contributed by atoms with Gasteiger partial charge in [0.2, 0.25) is 0 Å². The predicted molar refractivity (Wildman–Crippen MR) is 98.3 cm³/mol. The molecule has 0 aliphatic carbocycles. The number of benzene rings is 1. The number of urea groups is 1. The van der Waals surface area contributed by atoms with Crippen LogP contribution in [0.4, 0.5) is 4.79 Å². The zero-order valence-electron chi connectivity index (χ0n) is 14.6. The van der Waals surface area contributed by atoms with Crippen molar-refractivity contribution in [3.05, 3.63) is 65.8 Å². The average Bonchev–Trinajstić information content (AvgIpc) is 3.31. The number of amides is 4. The normalized spacial score (nSPS) is 15.9. The van der Waals surface area contributed by atoms with Crippen molar-refractivity contribution in [1.82, 2.24) is 14.8 Å². The van der Waals surface area contributed by atoms with E-state index in [0.717, 1.165) is 15.8 Å². The van der Waals surface area contributed by atoms with Crippen molar-refractivity contribution in [2.24, 2.45) is 0 Å². The molecular weight excluding hydrogens is 360 g/mol. The molecular formula is C20H14N4O4. The SMILES string of the molecule is N#CCn1cc(/C=C2\C(=O)NC(=O)N(Cc3ccco3)C2=O)c2ccccc21. The van der Waals surface area contributed by atoms with Gasteiger partial charge in [0.05, 0.1) is 18.9 Å². The summed E-state index contributed by atoms with van der Waals surface area (Å²) in [5.74, 6) is -1.05. The number of hydrogen-bond acceptors (Lipinski definition) is 5. The number of rotatable bonds is 4. The molecule has 1 fully saturated rings. The molecule has 4 rings (SSSR count). The van der Waals surface area contributed by atoms with Gasteiger partial charge in [0.1, 0.15) is 17.9 Å². The Morgan fingerprint density at radius 1 is 1.14 bits per heavy atom. The van der Waals surface area contributed by atoms with Crippen molar-refractivity contribution in [3.8, 4) is 6.07 Å². The van der Waals surface area contributed by atoms with Crippen LogP contribution in [-0.4, -0.2) is 27.3 Å². The highest BCUT2D eigenvalue weighted by atomic mass is 16.3. The van der Waals surface area contributed by atoms with Crippen molar-refractivity contribution < 1.29 is 18.8 Å². The van der Waals surface area contributed by atoms with E-state index >= 15 is 0 Å². The highest BCUT2D eigenvalue weighted by Crippen LogP contribution is 2.25. The second-order valence-electron chi connectivity index (χ2n) is 6.18. The van der Waals surface area contributed by atoms with Crippen LogP contribution >= 0.6 is 0 Å². The maximum absolute atomic E-state index is 12.8. The first-order chi connectivity index (χ1) is 13.6. The number of nitrogens with one attached hydrogen (secondary N) is 1. The highest BCUT2D eigenvalue weighted by Gasteiger charge is 2.36. The van der Waals surface area contributed by atoms with Gasteiger partial charge in [0, 0.05) is 22.7 Å². The number of hydrogen-bond donors (Lipinski definition) is 1. The molecule has 0 spiro atoms. The Labute approximate surface area is 159 Å². The lowest BCUT2D eigenvalue weighted by Gasteiger charge is -2.25. The summed E-state index contributed by atoms with van der Waals surface area (Å²) in [6.45, 7) is 0.0470. The van der Waals surface area contributed by atoms with E-state index in [9.17, 15) is 14.4 Å². The largest absolute Gasteiger partial charge is 0.467 e. The molecule has 1 aliphatic heterocycles. The van der Waals surface area contributed by atoms with E-state index in [1.54, 1.807) is 22.9 Å². The molecule has 1 aromatic carbocycles. The minimum absolute atomic E-state index is 0.0848. The van der Waals surface area contributed by atoms with Crippen LogP contribution in [0, 0.1) is 11.3 Å². The number of imide groups is 2. The van der Waals surface area contributed by atoms with E-state index in [4.69, 9.17) is 9.68 Å². The van der Waals surface area contributed by atoms with Gasteiger partial charge in [-0.15, -0.1) is 0 Å². The molecule has 28 heavy (non-hydrogen) atoms. The molecule has 0 saturated carbocycles. The summed E-state index contributed by atoms with van der Waals surface area (Å²) in [7, 11) is 0. The standard InChI is InChI=1S/C20H14N4O4/c21-7-8-23-11-13(15-5-1-2-6-17(15)23)10-16-18(25)22-20(27)24(19(16)26)12-14-4-3-9-28-14/h1-6,9-11H,8,12H2,(H,22,25,27)/b16-10+. The molecule has 1 N–H and O–H groups in total. The molecule has 0 atom stereocenters. The summed E-state index contributed by atoms with van der Waals surface area (Å²) in [4.78, 5) is 38.1. The Kier molecular flexibility index (Phi) is 4.26. The van der Waals surface area contributed by atoms with Crippen molar-refractivity contribution in [2.75, 3.05) is 0 Å². The molecule has 0 radical (unpaired) electrons. The molecule has 3 heterocycles. The second-order valence-corrected chi connectivity index (χ2v) is 6.18. The van der Waals surface area contributed by atoms with Crippen LogP contribution in [0.25, 0.3) is 17.0 Å². The van der Waals surface area contributed by atoms with E-state index in [1.165, 1.54) is 12.3 Å². The maximum atomic E-state index is 12.8. The maximum Gasteiger partial charge on any atom is 0.331 e. The summed E-state index contributed by atoms with van der Waals surface area (Å²) < 4.78 is 6.92. The van der Waals surface area contributed by atoms with E-state index in [2.05, 4.69) is 11.4 Å². The van der Waals surface area contributed by atoms with Gasteiger partial charge in [0.15, 0.2) is 0 Å². The highest BCUT2D eigenvalue weighted by molar-refractivity contribution is 6.31. The minimum Gasteiger partial charge on any atom is -0.467 e. The fourth-order valence-electron chi connectivity index (χ4n) is 3.15. The first kappa shape index (κ1) is 17.3. The van der Waals surface area contributed by atoms with Crippen LogP contribution in [0.3, 0.4) is 0 Å². The van der Waals surface area contributed by atoms with Crippen LogP contribution in [0.5, 0.6) is 0 Å². The molecule has 3 aromatic rings. The van der Waals surface area contributed by atoms with E-state index in [0.29, 0.717) is 11.3 Å². The Balaban J connectivity index is 1.75. The fraction of sp³-hybridized carbons (Fsp3) is 0.100. The third-order valence-electron chi connectivity index (χ3n) is 4.44. The first-order valence-corrected chi connectivity index (χ1v) is 8.44. The Morgan fingerprint density at radius 3 is 2.71 bits per heavy atom. The van der Waals surface area contributed by atoms with Crippen LogP contribution in [0.15, 0.2) is 58.8 Å². The van der Waals surface area contributed by atoms with Crippen LogP contribution < -0.4 is 5.32 Å². The van der Waals surface area contributed by atoms with Crippen LogP contribution in [0.2, 0.25) is 0 Å². The monoisotopic (exact) mass is 374 g/mol. The molecule has 4 amide bonds. The number of carbonyl (C=O) groups excluding carboxylic acids is 3. The number of furan rings is 1. The van der Waals surface area contributed by atoms with Gasteiger partial charge in [-0.05, 0) is 24.3 Å².